The van der Waals surface area contributed by atoms with Crippen LogP contribution in [0.4, 0.5) is 0 Å². The van der Waals surface area contributed by atoms with Gasteiger partial charge in [-0.25, -0.2) is 9.36 Å². The number of aliphatic carboxylic acids is 3. The zero-order valence-electron chi connectivity index (χ0n) is 16.4. The molecule has 0 aliphatic carbocycles. The van der Waals surface area contributed by atoms with Gasteiger partial charge in [0.05, 0.1) is 6.42 Å². The van der Waals surface area contributed by atoms with Gasteiger partial charge in [0, 0.05) is 29.9 Å². The van der Waals surface area contributed by atoms with Crippen LogP contribution in [0.25, 0.3) is 0 Å². The molecule has 1 amide bonds. The van der Waals surface area contributed by atoms with Crippen molar-refractivity contribution in [3.8, 4) is 11.6 Å². The molecular formula is C19H21BrNO10P. The van der Waals surface area contributed by atoms with Crippen LogP contribution in [0.2, 0.25) is 0 Å². The Labute approximate surface area is 191 Å². The van der Waals surface area contributed by atoms with Crippen molar-refractivity contribution in [2.45, 2.75) is 11.2 Å². The Balaban J connectivity index is 0. The van der Waals surface area contributed by atoms with Gasteiger partial charge in [-0.3, -0.25) is 14.4 Å². The summed E-state index contributed by atoms with van der Waals surface area (Å²) in [4.78, 5) is 56.1. The van der Waals surface area contributed by atoms with E-state index < -0.39 is 42.7 Å². The molecule has 11 nitrogen and oxygen atoms in total. The predicted octanol–water partition coefficient (Wildman–Crippen LogP) is 1.41. The summed E-state index contributed by atoms with van der Waals surface area (Å²) in [5, 5.41) is 26.6. The highest BCUT2D eigenvalue weighted by molar-refractivity contribution is 9.10. The average molecular weight is 534 g/mol. The lowest BCUT2D eigenvalue weighted by atomic mass is 10.2. The SMILES string of the molecule is C=CCNC(=O)/C=C\C(=O)O.O=C(O)C[C@H](Br)C(=O)O.O=P(O)(O)C#Cc1ccccc1. The number of hydrogen-bond acceptors (Lipinski definition) is 5. The van der Waals surface area contributed by atoms with E-state index >= 15 is 0 Å². The molecule has 6 N–H and O–H groups in total. The highest BCUT2D eigenvalue weighted by Crippen LogP contribution is 2.31. The number of hydrogen-bond donors (Lipinski definition) is 6. The van der Waals surface area contributed by atoms with Gasteiger partial charge in [0.25, 0.3) is 0 Å². The fraction of sp³-hybridized carbons (Fsp3) is 0.158. The number of carbonyl (C=O) groups is 4. The van der Waals surface area contributed by atoms with Crippen molar-refractivity contribution >= 4 is 47.3 Å². The monoisotopic (exact) mass is 533 g/mol. The van der Waals surface area contributed by atoms with Crippen molar-refractivity contribution in [2.75, 3.05) is 6.54 Å². The summed E-state index contributed by atoms with van der Waals surface area (Å²) >= 11 is 2.66. The second-order valence-corrected chi connectivity index (χ2v) is 7.67. The quantitative estimate of drug-likeness (QED) is 0.0978. The number of alkyl halides is 1. The van der Waals surface area contributed by atoms with Gasteiger partial charge in [-0.05, 0) is 12.1 Å². The molecule has 13 heteroatoms. The molecule has 0 bridgehead atoms. The minimum absolute atomic E-state index is 0.336. The minimum Gasteiger partial charge on any atom is -0.481 e. The number of benzene rings is 1. The Morgan fingerprint density at radius 2 is 1.66 bits per heavy atom. The van der Waals surface area contributed by atoms with E-state index in [4.69, 9.17) is 25.1 Å². The maximum atomic E-state index is 10.6. The van der Waals surface area contributed by atoms with E-state index in [0.29, 0.717) is 12.1 Å². The molecule has 1 aromatic carbocycles. The molecule has 0 heterocycles. The number of carbonyl (C=O) groups excluding carboxylic acids is 1. The molecule has 1 atom stereocenters. The van der Waals surface area contributed by atoms with Crippen LogP contribution in [0, 0.1) is 11.6 Å². The van der Waals surface area contributed by atoms with Crippen molar-refractivity contribution < 1.29 is 48.8 Å². The molecule has 32 heavy (non-hydrogen) atoms. The van der Waals surface area contributed by atoms with Crippen LogP contribution in [-0.4, -0.2) is 60.3 Å². The summed E-state index contributed by atoms with van der Waals surface area (Å²) in [5.74, 6) is -1.49. The molecule has 0 saturated carbocycles. The van der Waals surface area contributed by atoms with Crippen LogP contribution in [0.5, 0.6) is 0 Å². The second-order valence-electron chi connectivity index (χ2n) is 5.26. The fourth-order valence-corrected chi connectivity index (χ4v) is 1.83. The first-order valence-corrected chi connectivity index (χ1v) is 10.8. The van der Waals surface area contributed by atoms with Gasteiger partial charge in [0.2, 0.25) is 5.91 Å². The maximum Gasteiger partial charge on any atom is 0.400 e. The van der Waals surface area contributed by atoms with E-state index in [1.54, 1.807) is 24.3 Å². The molecule has 0 aliphatic rings. The first-order chi connectivity index (χ1) is 14.8. The van der Waals surface area contributed by atoms with E-state index in [-0.39, 0.29) is 0 Å². The molecule has 0 saturated heterocycles. The number of amides is 1. The largest absolute Gasteiger partial charge is 0.481 e. The third-order valence-electron chi connectivity index (χ3n) is 2.54. The lowest BCUT2D eigenvalue weighted by molar-refractivity contribution is -0.142. The summed E-state index contributed by atoms with van der Waals surface area (Å²) in [7, 11) is -4.19. The number of nitrogens with one attached hydrogen (secondary N) is 1. The van der Waals surface area contributed by atoms with E-state index in [1.165, 1.54) is 6.08 Å². The standard InChI is InChI=1S/C8H7O3P.C7H9NO3.C4H5BrO4/c9-12(10,11)7-6-8-4-2-1-3-5-8;1-2-5-8-6(9)3-4-7(10)11;5-2(4(8)9)1-3(6)7/h1-5H,(H2,9,10,11);2-4H,1,5H2,(H,8,9)(H,10,11);2H,1H2,(H,6,7)(H,8,9)/b;4-3-;/t;;2-/m..0/s1. The summed E-state index contributed by atoms with van der Waals surface area (Å²) in [6, 6.07) is 8.68. The van der Waals surface area contributed by atoms with Gasteiger partial charge in [0.1, 0.15) is 4.83 Å². The number of carboxylic acid groups (broad SMARTS) is 3. The van der Waals surface area contributed by atoms with Gasteiger partial charge >= 0.3 is 25.5 Å². The summed E-state index contributed by atoms with van der Waals surface area (Å²) in [6.45, 7) is 3.71. The molecule has 1 rings (SSSR count). The van der Waals surface area contributed by atoms with Gasteiger partial charge in [-0.1, -0.05) is 46.1 Å². The maximum absolute atomic E-state index is 10.6. The van der Waals surface area contributed by atoms with E-state index in [1.807, 2.05) is 11.7 Å². The molecule has 0 aromatic heterocycles. The molecule has 0 spiro atoms. The molecule has 0 fully saturated rings. The zero-order chi connectivity index (χ0) is 25.2. The van der Waals surface area contributed by atoms with Crippen LogP contribution in [0.1, 0.15) is 12.0 Å². The van der Waals surface area contributed by atoms with E-state index in [2.05, 4.69) is 33.7 Å². The minimum atomic E-state index is -4.19. The first kappa shape index (κ1) is 31.0. The number of carboxylic acids is 3. The van der Waals surface area contributed by atoms with Crippen molar-refractivity contribution in [3.05, 3.63) is 60.7 Å². The first-order valence-electron chi connectivity index (χ1n) is 8.30. The van der Waals surface area contributed by atoms with E-state index in [9.17, 15) is 23.7 Å². The van der Waals surface area contributed by atoms with Crippen molar-refractivity contribution in [1.29, 1.82) is 0 Å². The molecule has 1 aromatic rings. The number of rotatable bonds is 7. The zero-order valence-corrected chi connectivity index (χ0v) is 18.9. The lowest BCUT2D eigenvalue weighted by Gasteiger charge is -1.96. The Morgan fingerprint density at radius 3 is 2.03 bits per heavy atom. The summed E-state index contributed by atoms with van der Waals surface area (Å²) < 4.78 is 10.3. The summed E-state index contributed by atoms with van der Waals surface area (Å²) in [5.41, 5.74) is 2.45. The van der Waals surface area contributed by atoms with Crippen molar-refractivity contribution in [3.63, 3.8) is 0 Å². The van der Waals surface area contributed by atoms with Crippen molar-refractivity contribution in [1.82, 2.24) is 5.32 Å². The Hall–Kier alpha value is -3.23. The Bertz CT molecular complexity index is 915. The van der Waals surface area contributed by atoms with Gasteiger partial charge in [0.15, 0.2) is 0 Å². The van der Waals surface area contributed by atoms with E-state index in [0.717, 1.165) is 12.2 Å². The smallest absolute Gasteiger partial charge is 0.400 e. The fourth-order valence-electron chi connectivity index (χ4n) is 1.28. The van der Waals surface area contributed by atoms with Crippen LogP contribution < -0.4 is 5.32 Å². The van der Waals surface area contributed by atoms with Crippen LogP contribution in [-0.2, 0) is 23.7 Å². The van der Waals surface area contributed by atoms with Crippen molar-refractivity contribution in [2.24, 2.45) is 0 Å². The summed E-state index contributed by atoms with van der Waals surface area (Å²) in [6.07, 6.45) is 2.84. The highest BCUT2D eigenvalue weighted by atomic mass is 79.9. The van der Waals surface area contributed by atoms with Crippen LogP contribution in [0.3, 0.4) is 0 Å². The Morgan fingerprint density at radius 1 is 1.09 bits per heavy atom. The third-order valence-corrected chi connectivity index (χ3v) is 3.66. The molecule has 174 valence electrons. The molecule has 0 unspecified atom stereocenters. The Kier molecular flexibility index (Phi) is 16.9. The van der Waals surface area contributed by atoms with Gasteiger partial charge < -0.3 is 30.4 Å². The highest BCUT2D eigenvalue weighted by Gasteiger charge is 2.16. The lowest BCUT2D eigenvalue weighted by Crippen LogP contribution is -2.20. The predicted molar refractivity (Wildman–Crippen MR) is 118 cm³/mol. The topological polar surface area (TPSA) is 199 Å². The average Bonchev–Trinajstić information content (AvgIpc) is 2.70. The van der Waals surface area contributed by atoms with Crippen LogP contribution in [0.15, 0.2) is 55.1 Å². The second kappa shape index (κ2) is 17.5. The van der Waals surface area contributed by atoms with Gasteiger partial charge in [-0.15, -0.1) is 6.58 Å². The van der Waals surface area contributed by atoms with Crippen LogP contribution >= 0.6 is 23.5 Å². The molecular weight excluding hydrogens is 513 g/mol. The molecule has 0 aliphatic heterocycles. The van der Waals surface area contributed by atoms with Gasteiger partial charge in [-0.2, -0.15) is 0 Å². The normalized spacial score (nSPS) is 10.6. The molecule has 0 radical (unpaired) electrons. The third kappa shape index (κ3) is 23.1. The number of halogens is 1.